The Hall–Kier alpha value is -2.67. The quantitative estimate of drug-likeness (QED) is 0.379. The molecule has 3 fully saturated rings. The van der Waals surface area contributed by atoms with Crippen molar-refractivity contribution in [1.82, 2.24) is 19.9 Å². The van der Waals surface area contributed by atoms with Crippen molar-refractivity contribution in [2.45, 2.75) is 75.4 Å². The molecule has 5 rings (SSSR count). The molecule has 1 aliphatic carbocycles. The topological polar surface area (TPSA) is 118 Å². The van der Waals surface area contributed by atoms with Crippen LogP contribution in [-0.4, -0.2) is 73.7 Å². The van der Waals surface area contributed by atoms with Gasteiger partial charge in [-0.3, -0.25) is 9.78 Å². The third kappa shape index (κ3) is 7.58. The van der Waals surface area contributed by atoms with Gasteiger partial charge in [-0.15, -0.1) is 0 Å². The molecule has 7 atom stereocenters. The van der Waals surface area contributed by atoms with Gasteiger partial charge in [0, 0.05) is 43.7 Å². The van der Waals surface area contributed by atoms with E-state index in [0.717, 1.165) is 38.3 Å². The minimum atomic E-state index is -3.30. The maximum absolute atomic E-state index is 14.6. The van der Waals surface area contributed by atoms with Crippen LogP contribution in [0, 0.1) is 23.5 Å². The van der Waals surface area contributed by atoms with Crippen LogP contribution in [-0.2, 0) is 19.6 Å². The average Bonchev–Trinajstić information content (AvgIpc) is 3.39. The number of hydrogen-bond acceptors (Lipinski definition) is 7. The number of halogens is 3. The molecule has 0 spiro atoms. The molecule has 13 heteroatoms. The van der Waals surface area contributed by atoms with E-state index in [2.05, 4.69) is 15.6 Å². The highest BCUT2D eigenvalue weighted by Gasteiger charge is 2.40. The Balaban J connectivity index is 1.36. The smallest absolute Gasteiger partial charge is 0.407 e. The number of piperazine rings is 1. The predicted molar refractivity (Wildman–Crippen MR) is 162 cm³/mol. The summed E-state index contributed by atoms with van der Waals surface area (Å²) in [6.45, 7) is 1.12. The Labute approximate surface area is 262 Å². The third-order valence-electron chi connectivity index (χ3n) is 9.44. The predicted octanol–water partition coefficient (Wildman–Crippen LogP) is 4.79. The number of ketones is 1. The molecule has 240 valence electrons. The number of nitrogens with zero attached hydrogens (tertiary/aromatic N) is 2. The highest BCUT2D eigenvalue weighted by molar-refractivity contribution is 7.89. The number of nitrogens with one attached hydrogen (secondary N) is 2. The van der Waals surface area contributed by atoms with E-state index in [0.29, 0.717) is 31.5 Å². The number of pyridine rings is 1. The first kappa shape index (κ1) is 32.7. The lowest BCUT2D eigenvalue weighted by molar-refractivity contribution is -0.122. The fourth-order valence-electron chi connectivity index (χ4n) is 7.22. The van der Waals surface area contributed by atoms with Crippen molar-refractivity contribution in [1.29, 1.82) is 0 Å². The molecule has 1 aromatic carbocycles. The molecule has 1 aromatic heterocycles. The zero-order chi connectivity index (χ0) is 31.4. The van der Waals surface area contributed by atoms with E-state index in [1.807, 2.05) is 0 Å². The van der Waals surface area contributed by atoms with Crippen LogP contribution in [0.5, 0.6) is 0 Å². The molecule has 1 amide bonds. The van der Waals surface area contributed by atoms with Gasteiger partial charge < -0.3 is 15.4 Å². The Kier molecular flexibility index (Phi) is 10.5. The molecular weight excluding hydrogens is 614 g/mol. The van der Waals surface area contributed by atoms with E-state index in [4.69, 9.17) is 16.3 Å². The summed E-state index contributed by atoms with van der Waals surface area (Å²) in [4.78, 5) is 30.5. The van der Waals surface area contributed by atoms with E-state index in [1.165, 1.54) is 37.6 Å². The van der Waals surface area contributed by atoms with Gasteiger partial charge in [-0.25, -0.2) is 22.0 Å². The highest BCUT2D eigenvalue weighted by Crippen LogP contribution is 2.40. The lowest BCUT2D eigenvalue weighted by atomic mass is 9.79. The number of amides is 1. The summed E-state index contributed by atoms with van der Waals surface area (Å²) in [5.41, 5.74) is 0.602. The Morgan fingerprint density at radius 1 is 1.11 bits per heavy atom. The molecule has 0 radical (unpaired) electrons. The minimum absolute atomic E-state index is 0.0164. The van der Waals surface area contributed by atoms with Gasteiger partial charge in [0.05, 0.1) is 24.1 Å². The first-order valence-corrected chi connectivity index (χ1v) is 17.2. The Bertz CT molecular complexity index is 1460. The molecule has 2 saturated heterocycles. The van der Waals surface area contributed by atoms with Crippen LogP contribution in [0.15, 0.2) is 36.7 Å². The molecule has 2 aliphatic heterocycles. The van der Waals surface area contributed by atoms with Crippen LogP contribution < -0.4 is 10.6 Å². The Morgan fingerprint density at radius 3 is 2.66 bits per heavy atom. The van der Waals surface area contributed by atoms with Crippen molar-refractivity contribution in [3.05, 3.63) is 64.4 Å². The number of fused-ring (bicyclic) bond motifs is 2. The number of rotatable bonds is 10. The average molecular weight is 653 g/mol. The summed E-state index contributed by atoms with van der Waals surface area (Å²) in [7, 11) is -2.12. The number of Topliss-reactive ketones (excluding diaryl/α,β-unsaturated/α-hetero) is 1. The van der Waals surface area contributed by atoms with Crippen molar-refractivity contribution in [2.75, 3.05) is 26.0 Å². The molecule has 3 heterocycles. The van der Waals surface area contributed by atoms with Gasteiger partial charge in [-0.2, -0.15) is 4.31 Å². The van der Waals surface area contributed by atoms with Crippen molar-refractivity contribution in [2.24, 2.45) is 11.8 Å². The molecule has 3 aliphatic rings. The summed E-state index contributed by atoms with van der Waals surface area (Å²) >= 11 is 5.93. The van der Waals surface area contributed by atoms with Gasteiger partial charge in [-0.05, 0) is 73.3 Å². The van der Waals surface area contributed by atoms with Gasteiger partial charge in [0.1, 0.15) is 17.7 Å². The number of ether oxygens (including phenoxy) is 1. The summed E-state index contributed by atoms with van der Waals surface area (Å²) in [6, 6.07) is 4.15. The fourth-order valence-corrected chi connectivity index (χ4v) is 9.14. The number of alkyl carbamates (subject to hydrolysis) is 1. The van der Waals surface area contributed by atoms with E-state index in [-0.39, 0.29) is 52.5 Å². The monoisotopic (exact) mass is 652 g/mol. The zero-order valence-electron chi connectivity index (χ0n) is 24.7. The first-order valence-electron chi connectivity index (χ1n) is 15.2. The number of sulfonamides is 1. The zero-order valence-corrected chi connectivity index (χ0v) is 26.3. The van der Waals surface area contributed by atoms with Crippen molar-refractivity contribution in [3.63, 3.8) is 0 Å². The van der Waals surface area contributed by atoms with Crippen LogP contribution in [0.2, 0.25) is 5.02 Å². The number of aromatic nitrogens is 1. The molecule has 1 saturated carbocycles. The molecule has 2 bridgehead atoms. The van der Waals surface area contributed by atoms with Crippen LogP contribution in [0.25, 0.3) is 0 Å². The normalized spacial score (nSPS) is 27.6. The summed E-state index contributed by atoms with van der Waals surface area (Å²) in [5.74, 6) is -2.23. The molecule has 1 unspecified atom stereocenters. The van der Waals surface area contributed by atoms with Crippen LogP contribution in [0.1, 0.15) is 68.4 Å². The summed E-state index contributed by atoms with van der Waals surface area (Å²) in [5, 5.41) is 6.03. The second-order valence-corrected chi connectivity index (χ2v) is 14.6. The van der Waals surface area contributed by atoms with Crippen molar-refractivity contribution < 1.29 is 31.5 Å². The maximum atomic E-state index is 14.6. The molecular formula is C31H39ClF2N4O5S. The van der Waals surface area contributed by atoms with Gasteiger partial charge in [0.25, 0.3) is 0 Å². The van der Waals surface area contributed by atoms with E-state index in [9.17, 15) is 26.8 Å². The largest absolute Gasteiger partial charge is 0.453 e. The number of methoxy groups -OCH3 is 1. The number of carbonyl (C=O) groups excluding carboxylic acids is 2. The fraction of sp³-hybridized carbons (Fsp3) is 0.581. The maximum Gasteiger partial charge on any atom is 0.407 e. The second-order valence-electron chi connectivity index (χ2n) is 12.2. The van der Waals surface area contributed by atoms with Crippen LogP contribution in [0.3, 0.4) is 0 Å². The molecule has 9 nitrogen and oxygen atoms in total. The number of hydrogen-bond donors (Lipinski definition) is 2. The van der Waals surface area contributed by atoms with E-state index in [1.54, 1.807) is 4.31 Å². The van der Waals surface area contributed by atoms with E-state index >= 15 is 0 Å². The highest BCUT2D eigenvalue weighted by atomic mass is 35.5. The standard InChI is InChI=1S/C31H39ClF2N4O5S/c1-43-31(40)37-30(29(22-12-23(33)16-35-15-22)21-8-10-26(32)27(34)13-21)28(39)14-20-5-2-4-19(20)7-9-25-17-36-24-6-3-11-44(41,42)38(25)18-24/h8,10,12-13,15-16,19-20,24-25,29-30,36H,2-7,9,11,14,17-18H2,1H3,(H,37,40)/t19-,20-,24-,25+,29+,30-/m1/s1. The first-order chi connectivity index (χ1) is 21.1. The Morgan fingerprint density at radius 2 is 1.91 bits per heavy atom. The summed E-state index contributed by atoms with van der Waals surface area (Å²) < 4.78 is 61.3. The lowest BCUT2D eigenvalue weighted by Crippen LogP contribution is -2.57. The molecule has 2 aromatic rings. The molecule has 44 heavy (non-hydrogen) atoms. The minimum Gasteiger partial charge on any atom is -0.453 e. The van der Waals surface area contributed by atoms with Crippen molar-refractivity contribution in [3.8, 4) is 0 Å². The van der Waals surface area contributed by atoms with Gasteiger partial charge >= 0.3 is 6.09 Å². The lowest BCUT2D eigenvalue weighted by Gasteiger charge is -2.38. The van der Waals surface area contributed by atoms with Gasteiger partial charge in [0.15, 0.2) is 5.78 Å². The number of carbonyl (C=O) groups is 2. The summed E-state index contributed by atoms with van der Waals surface area (Å²) in [6.07, 6.45) is 7.35. The van der Waals surface area contributed by atoms with Gasteiger partial charge in [-0.1, -0.05) is 30.5 Å². The van der Waals surface area contributed by atoms with Gasteiger partial charge in [0.2, 0.25) is 10.0 Å². The SMILES string of the molecule is COC(=O)N[C@H](C(=O)C[C@H]1CCC[C@@H]1CC[C@H]1CN[C@@H]2CCCS(=O)(=O)N1C2)[C@H](c1cncc(F)c1)c1ccc(Cl)c(F)c1. The van der Waals surface area contributed by atoms with Crippen LogP contribution in [0.4, 0.5) is 13.6 Å². The van der Waals surface area contributed by atoms with Crippen molar-refractivity contribution >= 4 is 33.5 Å². The third-order valence-corrected chi connectivity index (χ3v) is 11.7. The molecule has 2 N–H and O–H groups in total. The van der Waals surface area contributed by atoms with Crippen LogP contribution >= 0.6 is 11.6 Å². The number of benzene rings is 1. The second kappa shape index (κ2) is 14.2. The van der Waals surface area contributed by atoms with E-state index < -0.39 is 39.7 Å².